The van der Waals surface area contributed by atoms with E-state index in [9.17, 15) is 9.59 Å². The van der Waals surface area contributed by atoms with Gasteiger partial charge in [-0.05, 0) is 24.1 Å². The van der Waals surface area contributed by atoms with E-state index < -0.39 is 5.91 Å². The summed E-state index contributed by atoms with van der Waals surface area (Å²) in [6.45, 7) is 4.98. The highest BCUT2D eigenvalue weighted by molar-refractivity contribution is 5.94. The molecule has 0 saturated carbocycles. The molecule has 0 atom stereocenters. The second-order valence-corrected chi connectivity index (χ2v) is 6.80. The van der Waals surface area contributed by atoms with Crippen molar-refractivity contribution in [1.29, 1.82) is 0 Å². The first-order chi connectivity index (χ1) is 12.4. The van der Waals surface area contributed by atoms with Crippen LogP contribution >= 0.6 is 0 Å². The highest BCUT2D eigenvalue weighted by Gasteiger charge is 2.26. The summed E-state index contributed by atoms with van der Waals surface area (Å²) in [4.78, 5) is 34.4. The molecule has 2 N–H and O–H groups in total. The molecule has 136 valence electrons. The standard InChI is InChI=1S/C19H22N4O3/c1-12(2)6-18-21-8-14-9-23(10-16(14)22-18)19(25)13-4-3-5-15(7-13)26-11-17(20)24/h3-5,7-8,12H,6,9-11H2,1-2H3,(H2,20,24). The Kier molecular flexibility index (Phi) is 5.16. The van der Waals surface area contributed by atoms with Crippen LogP contribution in [0.1, 0.15) is 41.3 Å². The first kappa shape index (κ1) is 17.8. The van der Waals surface area contributed by atoms with Gasteiger partial charge in [0, 0.05) is 30.3 Å². The molecule has 2 aromatic rings. The molecule has 1 aliphatic rings. The lowest BCUT2D eigenvalue weighted by molar-refractivity contribution is -0.119. The summed E-state index contributed by atoms with van der Waals surface area (Å²) in [5.41, 5.74) is 7.46. The van der Waals surface area contributed by atoms with Crippen LogP contribution in [-0.2, 0) is 24.3 Å². The molecule has 2 heterocycles. The van der Waals surface area contributed by atoms with Gasteiger partial charge in [-0.25, -0.2) is 9.97 Å². The quantitative estimate of drug-likeness (QED) is 0.851. The number of fused-ring (bicyclic) bond motifs is 1. The molecule has 0 fully saturated rings. The van der Waals surface area contributed by atoms with Gasteiger partial charge in [-0.2, -0.15) is 0 Å². The maximum atomic E-state index is 12.8. The van der Waals surface area contributed by atoms with Crippen LogP contribution in [0.2, 0.25) is 0 Å². The van der Waals surface area contributed by atoms with Crippen molar-refractivity contribution in [1.82, 2.24) is 14.9 Å². The van der Waals surface area contributed by atoms with Crippen molar-refractivity contribution in [2.75, 3.05) is 6.61 Å². The second kappa shape index (κ2) is 7.51. The molecule has 1 aromatic carbocycles. The van der Waals surface area contributed by atoms with Gasteiger partial charge in [0.2, 0.25) is 0 Å². The summed E-state index contributed by atoms with van der Waals surface area (Å²) in [7, 11) is 0. The number of carbonyl (C=O) groups is 2. The molecular formula is C19H22N4O3. The maximum absolute atomic E-state index is 12.8. The van der Waals surface area contributed by atoms with E-state index in [4.69, 9.17) is 10.5 Å². The van der Waals surface area contributed by atoms with Crippen LogP contribution in [0.5, 0.6) is 5.75 Å². The number of primary amides is 1. The number of ether oxygens (including phenoxy) is 1. The molecule has 0 radical (unpaired) electrons. The fourth-order valence-corrected chi connectivity index (χ4v) is 2.86. The largest absolute Gasteiger partial charge is 0.484 e. The van der Waals surface area contributed by atoms with Gasteiger partial charge in [-0.1, -0.05) is 19.9 Å². The van der Waals surface area contributed by atoms with Gasteiger partial charge in [0.1, 0.15) is 11.6 Å². The minimum absolute atomic E-state index is 0.113. The van der Waals surface area contributed by atoms with Crippen LogP contribution in [0.15, 0.2) is 30.5 Å². The van der Waals surface area contributed by atoms with E-state index in [0.29, 0.717) is 30.3 Å². The zero-order chi connectivity index (χ0) is 18.7. The average molecular weight is 354 g/mol. The fourth-order valence-electron chi connectivity index (χ4n) is 2.86. The highest BCUT2D eigenvalue weighted by atomic mass is 16.5. The molecule has 7 heteroatoms. The van der Waals surface area contributed by atoms with Crippen LogP contribution in [0.25, 0.3) is 0 Å². The smallest absolute Gasteiger partial charge is 0.255 e. The van der Waals surface area contributed by atoms with E-state index in [1.54, 1.807) is 29.2 Å². The number of amides is 2. The predicted octanol–water partition coefficient (Wildman–Crippen LogP) is 1.70. The SMILES string of the molecule is CC(C)Cc1ncc2c(n1)CN(C(=O)c1cccc(OCC(N)=O)c1)C2. The Morgan fingerprint density at radius 3 is 2.85 bits per heavy atom. The molecule has 0 bridgehead atoms. The minimum Gasteiger partial charge on any atom is -0.484 e. The van der Waals surface area contributed by atoms with Crippen molar-refractivity contribution in [3.8, 4) is 5.75 Å². The number of nitrogens with zero attached hydrogens (tertiary/aromatic N) is 3. The summed E-state index contributed by atoms with van der Waals surface area (Å²) in [6.07, 6.45) is 2.64. The Bertz CT molecular complexity index is 835. The number of aromatic nitrogens is 2. The highest BCUT2D eigenvalue weighted by Crippen LogP contribution is 2.24. The zero-order valence-electron chi connectivity index (χ0n) is 14.9. The average Bonchev–Trinajstić information content (AvgIpc) is 3.02. The lowest BCUT2D eigenvalue weighted by Gasteiger charge is -2.15. The second-order valence-electron chi connectivity index (χ2n) is 6.80. The Labute approximate surface area is 152 Å². The zero-order valence-corrected chi connectivity index (χ0v) is 14.9. The summed E-state index contributed by atoms with van der Waals surface area (Å²) in [5.74, 6) is 1.06. The van der Waals surface area contributed by atoms with Crippen LogP contribution in [0.4, 0.5) is 0 Å². The van der Waals surface area contributed by atoms with E-state index in [1.807, 2.05) is 6.20 Å². The normalized spacial score (nSPS) is 13.0. The van der Waals surface area contributed by atoms with Crippen molar-refractivity contribution in [2.24, 2.45) is 11.7 Å². The topological polar surface area (TPSA) is 98.4 Å². The monoisotopic (exact) mass is 354 g/mol. The van der Waals surface area contributed by atoms with Crippen LogP contribution in [0, 0.1) is 5.92 Å². The summed E-state index contributed by atoms with van der Waals surface area (Å²) < 4.78 is 5.27. The number of nitrogens with two attached hydrogens (primary N) is 1. The third kappa shape index (κ3) is 4.17. The van der Waals surface area contributed by atoms with E-state index >= 15 is 0 Å². The molecule has 1 aliphatic heterocycles. The molecule has 7 nitrogen and oxygen atoms in total. The summed E-state index contributed by atoms with van der Waals surface area (Å²) in [5, 5.41) is 0. The predicted molar refractivity (Wildman–Crippen MR) is 95.3 cm³/mol. The third-order valence-electron chi connectivity index (χ3n) is 4.05. The van der Waals surface area contributed by atoms with Crippen molar-refractivity contribution in [2.45, 2.75) is 33.4 Å². The Morgan fingerprint density at radius 1 is 1.31 bits per heavy atom. The van der Waals surface area contributed by atoms with Gasteiger partial charge in [-0.15, -0.1) is 0 Å². The van der Waals surface area contributed by atoms with Gasteiger partial charge >= 0.3 is 0 Å². The Balaban J connectivity index is 1.71. The van der Waals surface area contributed by atoms with Crippen molar-refractivity contribution >= 4 is 11.8 Å². The molecule has 0 spiro atoms. The first-order valence-electron chi connectivity index (χ1n) is 8.56. The summed E-state index contributed by atoms with van der Waals surface area (Å²) >= 11 is 0. The minimum atomic E-state index is -0.563. The molecule has 0 unspecified atom stereocenters. The number of carbonyl (C=O) groups excluding carboxylic acids is 2. The van der Waals surface area contributed by atoms with Crippen molar-refractivity contribution < 1.29 is 14.3 Å². The van der Waals surface area contributed by atoms with Gasteiger partial charge in [0.25, 0.3) is 11.8 Å². The fraction of sp³-hybridized carbons (Fsp3) is 0.368. The van der Waals surface area contributed by atoms with Gasteiger partial charge < -0.3 is 15.4 Å². The number of rotatable bonds is 6. The van der Waals surface area contributed by atoms with Crippen molar-refractivity contribution in [3.63, 3.8) is 0 Å². The van der Waals surface area contributed by atoms with E-state index in [0.717, 1.165) is 23.5 Å². The van der Waals surface area contributed by atoms with Crippen LogP contribution < -0.4 is 10.5 Å². The lowest BCUT2D eigenvalue weighted by atomic mass is 10.1. The molecule has 26 heavy (non-hydrogen) atoms. The van der Waals surface area contributed by atoms with E-state index in [2.05, 4.69) is 23.8 Å². The molecule has 3 rings (SSSR count). The molecule has 2 amide bonds. The molecule has 1 aromatic heterocycles. The van der Waals surface area contributed by atoms with Crippen molar-refractivity contribution in [3.05, 3.63) is 53.1 Å². The van der Waals surface area contributed by atoms with E-state index in [1.165, 1.54) is 0 Å². The number of hydrogen-bond acceptors (Lipinski definition) is 5. The molecule has 0 aliphatic carbocycles. The number of benzene rings is 1. The third-order valence-corrected chi connectivity index (χ3v) is 4.05. The summed E-state index contributed by atoms with van der Waals surface area (Å²) in [6, 6.07) is 6.73. The van der Waals surface area contributed by atoms with Gasteiger partial charge in [0.05, 0.1) is 12.2 Å². The molecule has 0 saturated heterocycles. The first-order valence-corrected chi connectivity index (χ1v) is 8.56. The maximum Gasteiger partial charge on any atom is 0.255 e. The van der Waals surface area contributed by atoms with Gasteiger partial charge in [0.15, 0.2) is 6.61 Å². The number of hydrogen-bond donors (Lipinski definition) is 1. The van der Waals surface area contributed by atoms with E-state index in [-0.39, 0.29) is 12.5 Å². The Morgan fingerprint density at radius 2 is 2.12 bits per heavy atom. The van der Waals surface area contributed by atoms with Gasteiger partial charge in [-0.3, -0.25) is 9.59 Å². The molecular weight excluding hydrogens is 332 g/mol. The lowest BCUT2D eigenvalue weighted by Crippen LogP contribution is -2.25. The van der Waals surface area contributed by atoms with Crippen LogP contribution in [-0.4, -0.2) is 33.3 Å². The van der Waals surface area contributed by atoms with Crippen LogP contribution in [0.3, 0.4) is 0 Å². The Hall–Kier alpha value is -2.96.